The number of rotatable bonds is 5. The molecule has 4 aromatic rings. The Morgan fingerprint density at radius 2 is 1.94 bits per heavy atom. The predicted molar refractivity (Wildman–Crippen MR) is 118 cm³/mol. The Hall–Kier alpha value is -2.84. The normalized spacial score (nSPS) is 11.8. The van der Waals surface area contributed by atoms with Crippen molar-refractivity contribution in [3.05, 3.63) is 70.1 Å². The van der Waals surface area contributed by atoms with Gasteiger partial charge in [0.2, 0.25) is 0 Å². The van der Waals surface area contributed by atoms with Gasteiger partial charge in [-0.2, -0.15) is 13.2 Å². The molecule has 0 fully saturated rings. The maximum atomic E-state index is 13.0. The molecule has 2 heterocycles. The number of thiophene rings is 1. The highest BCUT2D eigenvalue weighted by molar-refractivity contribution is 7.17. The molecule has 0 saturated carbocycles. The summed E-state index contributed by atoms with van der Waals surface area (Å²) in [5, 5.41) is 2.51. The molecule has 4 rings (SSSR count). The molecule has 0 radical (unpaired) electrons. The number of nitrogens with zero attached hydrogens (tertiary/aromatic N) is 2. The minimum Gasteiger partial charge on any atom is -0.323 e. The van der Waals surface area contributed by atoms with Crippen LogP contribution in [0.2, 0.25) is 5.02 Å². The largest absolute Gasteiger partial charge is 0.416 e. The van der Waals surface area contributed by atoms with Crippen LogP contribution in [-0.2, 0) is 12.7 Å². The molecule has 0 saturated heterocycles. The quantitative estimate of drug-likeness (QED) is 0.343. The maximum Gasteiger partial charge on any atom is 0.416 e. The molecular formula is C22H17ClF3N3OS. The number of carbonyl (C=O) groups is 1. The molecule has 160 valence electrons. The van der Waals surface area contributed by atoms with Crippen LogP contribution in [0.1, 0.15) is 28.6 Å². The van der Waals surface area contributed by atoms with Crippen LogP contribution in [0, 0.1) is 0 Å². The van der Waals surface area contributed by atoms with Crippen molar-refractivity contribution in [3.63, 3.8) is 0 Å². The summed E-state index contributed by atoms with van der Waals surface area (Å²) in [7, 11) is 0. The summed E-state index contributed by atoms with van der Waals surface area (Å²) in [5.41, 5.74) is 0.901. The van der Waals surface area contributed by atoms with Gasteiger partial charge in [-0.05, 0) is 48.9 Å². The van der Waals surface area contributed by atoms with Gasteiger partial charge in [-0.3, -0.25) is 4.79 Å². The zero-order chi connectivity index (χ0) is 22.2. The lowest BCUT2D eigenvalue weighted by Gasteiger charge is -2.11. The van der Waals surface area contributed by atoms with Crippen molar-refractivity contribution in [2.24, 2.45) is 0 Å². The van der Waals surface area contributed by atoms with Crippen LogP contribution in [0.15, 0.2) is 54.6 Å². The molecular weight excluding hydrogens is 447 g/mol. The van der Waals surface area contributed by atoms with E-state index in [9.17, 15) is 18.0 Å². The van der Waals surface area contributed by atoms with E-state index in [4.69, 9.17) is 16.6 Å². The highest BCUT2D eigenvalue weighted by Gasteiger charge is 2.31. The average molecular weight is 464 g/mol. The van der Waals surface area contributed by atoms with Crippen molar-refractivity contribution in [2.75, 3.05) is 5.32 Å². The van der Waals surface area contributed by atoms with Gasteiger partial charge in [0, 0.05) is 6.54 Å². The number of amides is 1. The molecule has 0 aliphatic rings. The van der Waals surface area contributed by atoms with Gasteiger partial charge in [0.25, 0.3) is 5.91 Å². The Kier molecular flexibility index (Phi) is 5.77. The molecule has 1 N–H and O–H groups in total. The van der Waals surface area contributed by atoms with Gasteiger partial charge in [-0.1, -0.05) is 30.7 Å². The third-order valence-corrected chi connectivity index (χ3v) is 6.10. The third kappa shape index (κ3) is 4.31. The summed E-state index contributed by atoms with van der Waals surface area (Å²) in [6, 6.07) is 14.0. The third-order valence-electron chi connectivity index (χ3n) is 4.69. The molecule has 0 aliphatic heterocycles. The number of nitrogens with one attached hydrogen (secondary N) is 1. The van der Waals surface area contributed by atoms with Crippen LogP contribution in [-0.4, -0.2) is 15.5 Å². The zero-order valence-electron chi connectivity index (χ0n) is 16.3. The topological polar surface area (TPSA) is 46.9 Å². The van der Waals surface area contributed by atoms with E-state index in [2.05, 4.69) is 16.8 Å². The van der Waals surface area contributed by atoms with Crippen LogP contribution < -0.4 is 5.32 Å². The first-order valence-electron chi connectivity index (χ1n) is 9.51. The van der Waals surface area contributed by atoms with Gasteiger partial charge < -0.3 is 9.88 Å². The fourth-order valence-electron chi connectivity index (χ4n) is 3.27. The van der Waals surface area contributed by atoms with E-state index in [0.29, 0.717) is 4.88 Å². The highest BCUT2D eigenvalue weighted by atomic mass is 35.5. The predicted octanol–water partition coefficient (Wildman–Crippen LogP) is 7.10. The number of aromatic nitrogens is 2. The number of aryl methyl sites for hydroxylation is 1. The van der Waals surface area contributed by atoms with Crippen LogP contribution in [0.4, 0.5) is 18.9 Å². The van der Waals surface area contributed by atoms with Crippen molar-refractivity contribution in [3.8, 4) is 10.7 Å². The highest BCUT2D eigenvalue weighted by Crippen LogP contribution is 2.35. The van der Waals surface area contributed by atoms with E-state index in [0.717, 1.165) is 52.9 Å². The molecule has 4 nitrogen and oxygen atoms in total. The molecule has 0 atom stereocenters. The van der Waals surface area contributed by atoms with E-state index in [1.807, 2.05) is 24.3 Å². The first-order chi connectivity index (χ1) is 14.8. The fraction of sp³-hybridized carbons (Fsp3) is 0.182. The minimum absolute atomic E-state index is 0.0304. The van der Waals surface area contributed by atoms with Crippen molar-refractivity contribution < 1.29 is 18.0 Å². The molecule has 0 bridgehead atoms. The minimum atomic E-state index is -4.53. The number of halogens is 4. The Morgan fingerprint density at radius 1 is 1.16 bits per heavy atom. The van der Waals surface area contributed by atoms with Crippen LogP contribution in [0.3, 0.4) is 0 Å². The van der Waals surface area contributed by atoms with Crippen molar-refractivity contribution in [2.45, 2.75) is 26.1 Å². The van der Waals surface area contributed by atoms with Gasteiger partial charge in [-0.15, -0.1) is 11.3 Å². The Balaban J connectivity index is 1.64. The number of carbonyl (C=O) groups excluding carboxylic acids is 1. The van der Waals surface area contributed by atoms with E-state index >= 15 is 0 Å². The van der Waals surface area contributed by atoms with Crippen molar-refractivity contribution in [1.82, 2.24) is 9.55 Å². The molecule has 2 aromatic carbocycles. The molecule has 0 aliphatic carbocycles. The summed E-state index contributed by atoms with van der Waals surface area (Å²) in [5.74, 6) is 0.222. The standard InChI is InChI=1S/C22H17ClF3N3OS/c1-2-11-29-17-6-4-3-5-15(17)27-20(29)18-9-10-19(31-18)21(30)28-16-12-13(22(24,25)26)7-8-14(16)23/h3-10,12H,2,11H2,1H3,(H,28,30). The number of imidazole rings is 1. The molecule has 9 heteroatoms. The number of hydrogen-bond acceptors (Lipinski definition) is 3. The molecule has 2 aromatic heterocycles. The van der Waals surface area contributed by atoms with Crippen molar-refractivity contribution >= 4 is 45.6 Å². The number of benzene rings is 2. The van der Waals surface area contributed by atoms with Gasteiger partial charge in [0.1, 0.15) is 0 Å². The van der Waals surface area contributed by atoms with Gasteiger partial charge >= 0.3 is 6.18 Å². The molecule has 0 spiro atoms. The van der Waals surface area contributed by atoms with Gasteiger partial charge in [0.15, 0.2) is 5.82 Å². The van der Waals surface area contributed by atoms with E-state index < -0.39 is 17.6 Å². The number of para-hydroxylation sites is 2. The van der Waals surface area contributed by atoms with Crippen LogP contribution in [0.5, 0.6) is 0 Å². The first-order valence-corrected chi connectivity index (χ1v) is 10.7. The Bertz CT molecular complexity index is 1260. The Labute approximate surface area is 185 Å². The van der Waals surface area contributed by atoms with E-state index in [1.165, 1.54) is 11.3 Å². The van der Waals surface area contributed by atoms with Gasteiger partial charge in [0.05, 0.1) is 37.1 Å². The number of anilines is 1. The summed E-state index contributed by atoms with van der Waals surface area (Å²) >= 11 is 7.21. The lowest BCUT2D eigenvalue weighted by Crippen LogP contribution is -2.12. The number of hydrogen-bond donors (Lipinski definition) is 1. The summed E-state index contributed by atoms with van der Waals surface area (Å²) in [6.45, 7) is 2.85. The SMILES string of the molecule is CCCn1c(-c2ccc(C(=O)Nc3cc(C(F)(F)F)ccc3Cl)s2)nc2ccccc21. The van der Waals surface area contributed by atoms with E-state index in [-0.39, 0.29) is 10.7 Å². The lowest BCUT2D eigenvalue weighted by atomic mass is 10.2. The first kappa shape index (κ1) is 21.4. The molecule has 0 unspecified atom stereocenters. The second-order valence-corrected chi connectivity index (χ2v) is 8.38. The zero-order valence-corrected chi connectivity index (χ0v) is 17.9. The molecule has 1 amide bonds. The van der Waals surface area contributed by atoms with Crippen LogP contribution in [0.25, 0.3) is 21.7 Å². The second kappa shape index (κ2) is 8.36. The smallest absolute Gasteiger partial charge is 0.323 e. The maximum absolute atomic E-state index is 13.0. The van der Waals surface area contributed by atoms with Gasteiger partial charge in [-0.25, -0.2) is 4.98 Å². The number of alkyl halides is 3. The second-order valence-electron chi connectivity index (χ2n) is 6.89. The average Bonchev–Trinajstić information content (AvgIpc) is 3.34. The van der Waals surface area contributed by atoms with E-state index in [1.54, 1.807) is 12.1 Å². The van der Waals surface area contributed by atoms with Crippen LogP contribution >= 0.6 is 22.9 Å². The summed E-state index contributed by atoms with van der Waals surface area (Å²) < 4.78 is 41.0. The summed E-state index contributed by atoms with van der Waals surface area (Å²) in [4.78, 5) is 18.5. The lowest BCUT2D eigenvalue weighted by molar-refractivity contribution is -0.137. The summed E-state index contributed by atoms with van der Waals surface area (Å²) in [6.07, 6.45) is -3.61. The molecule has 31 heavy (non-hydrogen) atoms. The number of fused-ring (bicyclic) bond motifs is 1. The monoisotopic (exact) mass is 463 g/mol. The van der Waals surface area contributed by atoms with Crippen molar-refractivity contribution in [1.29, 1.82) is 0 Å². The fourth-order valence-corrected chi connectivity index (χ4v) is 4.34. The Morgan fingerprint density at radius 3 is 2.68 bits per heavy atom.